The van der Waals surface area contributed by atoms with Gasteiger partial charge in [-0.25, -0.2) is 4.39 Å². The lowest BCUT2D eigenvalue weighted by Gasteiger charge is -2.17. The van der Waals surface area contributed by atoms with Crippen LogP contribution in [-0.4, -0.2) is 30.3 Å². The Balaban J connectivity index is 2.60. The van der Waals surface area contributed by atoms with E-state index in [1.54, 1.807) is 31.2 Å². The molecule has 1 rings (SSSR count). The average Bonchev–Trinajstić information content (AvgIpc) is 2.39. The van der Waals surface area contributed by atoms with Crippen molar-refractivity contribution in [3.63, 3.8) is 0 Å². The molecule has 0 saturated heterocycles. The first-order valence-electron chi connectivity index (χ1n) is 6.32. The first-order chi connectivity index (χ1) is 9.08. The molecule has 0 aliphatic rings. The molecule has 0 aliphatic carbocycles. The summed E-state index contributed by atoms with van der Waals surface area (Å²) in [7, 11) is 0. The normalized spacial score (nSPS) is 10.5. The summed E-state index contributed by atoms with van der Waals surface area (Å²) in [5, 5.41) is 0. The summed E-state index contributed by atoms with van der Waals surface area (Å²) in [6, 6.07) is 4.61. The van der Waals surface area contributed by atoms with Crippen LogP contribution in [0, 0.1) is 12.7 Å². The number of halogens is 1. The van der Waals surface area contributed by atoms with Crippen molar-refractivity contribution in [3.05, 3.63) is 60.5 Å². The van der Waals surface area contributed by atoms with E-state index in [-0.39, 0.29) is 11.6 Å². The number of hydrogen-bond acceptors (Lipinski definition) is 2. The highest BCUT2D eigenvalue weighted by atomic mass is 19.1. The van der Waals surface area contributed by atoms with Crippen molar-refractivity contribution in [3.8, 4) is 0 Å². The molecular formula is C16H20FNO. The molecular weight excluding hydrogens is 241 g/mol. The Morgan fingerprint density at radius 3 is 2.47 bits per heavy atom. The summed E-state index contributed by atoms with van der Waals surface area (Å²) in [6.07, 6.45) is 3.95. The summed E-state index contributed by atoms with van der Waals surface area (Å²) >= 11 is 0. The number of benzene rings is 1. The minimum absolute atomic E-state index is 0.0444. The minimum atomic E-state index is -0.333. The van der Waals surface area contributed by atoms with Gasteiger partial charge < -0.3 is 0 Å². The van der Waals surface area contributed by atoms with Crippen molar-refractivity contribution in [1.29, 1.82) is 0 Å². The van der Waals surface area contributed by atoms with Crippen LogP contribution in [0.4, 0.5) is 4.39 Å². The van der Waals surface area contributed by atoms with Gasteiger partial charge >= 0.3 is 0 Å². The molecule has 1 aromatic rings. The van der Waals surface area contributed by atoms with Crippen LogP contribution in [0.1, 0.15) is 22.3 Å². The molecule has 0 aromatic heterocycles. The monoisotopic (exact) mass is 261 g/mol. The first-order valence-corrected chi connectivity index (χ1v) is 6.32. The van der Waals surface area contributed by atoms with Crippen LogP contribution in [0.5, 0.6) is 0 Å². The molecule has 0 unspecified atom stereocenters. The number of carbonyl (C=O) groups excluding carboxylic acids is 1. The van der Waals surface area contributed by atoms with E-state index >= 15 is 0 Å². The first kappa shape index (κ1) is 15.3. The SMILES string of the molecule is C=CCN(CC=C)CCC(=O)c1ccc(C)c(F)c1. The largest absolute Gasteiger partial charge is 0.296 e. The Labute approximate surface area is 114 Å². The van der Waals surface area contributed by atoms with Gasteiger partial charge in [0.2, 0.25) is 0 Å². The Morgan fingerprint density at radius 2 is 1.95 bits per heavy atom. The summed E-state index contributed by atoms with van der Waals surface area (Å²) in [5.74, 6) is -0.378. The van der Waals surface area contributed by atoms with Crippen LogP contribution >= 0.6 is 0 Å². The van der Waals surface area contributed by atoms with Crippen molar-refractivity contribution < 1.29 is 9.18 Å². The van der Waals surface area contributed by atoms with Crippen LogP contribution in [0.15, 0.2) is 43.5 Å². The molecule has 0 heterocycles. The highest BCUT2D eigenvalue weighted by molar-refractivity contribution is 5.96. The molecule has 19 heavy (non-hydrogen) atoms. The number of hydrogen-bond donors (Lipinski definition) is 0. The molecule has 102 valence electrons. The predicted octanol–water partition coefficient (Wildman–Crippen LogP) is 3.38. The van der Waals surface area contributed by atoms with Crippen LogP contribution in [0.2, 0.25) is 0 Å². The highest BCUT2D eigenvalue weighted by Gasteiger charge is 2.10. The van der Waals surface area contributed by atoms with E-state index in [1.165, 1.54) is 6.07 Å². The smallest absolute Gasteiger partial charge is 0.164 e. The maximum atomic E-state index is 13.4. The topological polar surface area (TPSA) is 20.3 Å². The van der Waals surface area contributed by atoms with Crippen molar-refractivity contribution >= 4 is 5.78 Å². The molecule has 2 nitrogen and oxygen atoms in total. The number of aryl methyl sites for hydroxylation is 1. The minimum Gasteiger partial charge on any atom is -0.296 e. The molecule has 0 atom stereocenters. The Morgan fingerprint density at radius 1 is 1.32 bits per heavy atom. The Kier molecular flexibility index (Phi) is 6.16. The second-order valence-corrected chi connectivity index (χ2v) is 4.47. The number of ketones is 1. The fourth-order valence-electron chi connectivity index (χ4n) is 1.79. The lowest BCUT2D eigenvalue weighted by atomic mass is 10.1. The second-order valence-electron chi connectivity index (χ2n) is 4.47. The van der Waals surface area contributed by atoms with Crippen LogP contribution in [-0.2, 0) is 0 Å². The van der Waals surface area contributed by atoms with Gasteiger partial charge in [0.05, 0.1) is 0 Å². The van der Waals surface area contributed by atoms with Gasteiger partial charge in [0.1, 0.15) is 5.82 Å². The summed E-state index contributed by atoms with van der Waals surface area (Å²) in [6.45, 7) is 11.1. The van der Waals surface area contributed by atoms with Crippen molar-refractivity contribution in [2.45, 2.75) is 13.3 Å². The average molecular weight is 261 g/mol. The molecule has 0 fully saturated rings. The maximum absolute atomic E-state index is 13.4. The summed E-state index contributed by atoms with van der Waals surface area (Å²) in [5.41, 5.74) is 0.983. The molecule has 3 heteroatoms. The van der Waals surface area contributed by atoms with Gasteiger partial charge in [-0.3, -0.25) is 9.69 Å². The third-order valence-electron chi connectivity index (χ3n) is 2.92. The van der Waals surface area contributed by atoms with Crippen LogP contribution in [0.25, 0.3) is 0 Å². The zero-order valence-corrected chi connectivity index (χ0v) is 11.4. The molecule has 0 aliphatic heterocycles. The maximum Gasteiger partial charge on any atom is 0.164 e. The van der Waals surface area contributed by atoms with Gasteiger partial charge in [-0.1, -0.05) is 24.3 Å². The van der Waals surface area contributed by atoms with Crippen LogP contribution in [0.3, 0.4) is 0 Å². The van der Waals surface area contributed by atoms with E-state index < -0.39 is 0 Å². The Bertz CT molecular complexity index is 458. The molecule has 0 amide bonds. The fourth-order valence-corrected chi connectivity index (χ4v) is 1.79. The molecule has 0 spiro atoms. The number of nitrogens with zero attached hydrogens (tertiary/aromatic N) is 1. The zero-order valence-electron chi connectivity index (χ0n) is 11.4. The van der Waals surface area contributed by atoms with E-state index in [9.17, 15) is 9.18 Å². The van der Waals surface area contributed by atoms with Crippen molar-refractivity contribution in [2.75, 3.05) is 19.6 Å². The van der Waals surface area contributed by atoms with E-state index in [0.29, 0.717) is 37.2 Å². The van der Waals surface area contributed by atoms with Gasteiger partial charge in [-0.05, 0) is 18.6 Å². The van der Waals surface area contributed by atoms with Gasteiger partial charge in [-0.2, -0.15) is 0 Å². The quantitative estimate of drug-likeness (QED) is 0.528. The fraction of sp³-hybridized carbons (Fsp3) is 0.312. The second kappa shape index (κ2) is 7.64. The standard InChI is InChI=1S/C16H20FNO/c1-4-9-18(10-5-2)11-8-16(19)14-7-6-13(3)15(17)12-14/h4-7,12H,1-2,8-11H2,3H3. The molecule has 0 radical (unpaired) electrons. The Hall–Kier alpha value is -1.74. The molecule has 0 saturated carbocycles. The third-order valence-corrected chi connectivity index (χ3v) is 2.92. The molecule has 0 bridgehead atoms. The van der Waals surface area contributed by atoms with Gasteiger partial charge in [-0.15, -0.1) is 13.2 Å². The predicted molar refractivity (Wildman–Crippen MR) is 76.9 cm³/mol. The lowest BCUT2D eigenvalue weighted by molar-refractivity contribution is 0.0968. The highest BCUT2D eigenvalue weighted by Crippen LogP contribution is 2.11. The molecule has 0 N–H and O–H groups in total. The summed E-state index contributed by atoms with van der Waals surface area (Å²) in [4.78, 5) is 14.0. The van der Waals surface area contributed by atoms with Gasteiger partial charge in [0.25, 0.3) is 0 Å². The van der Waals surface area contributed by atoms with E-state index in [2.05, 4.69) is 18.1 Å². The van der Waals surface area contributed by atoms with Crippen molar-refractivity contribution in [2.24, 2.45) is 0 Å². The number of carbonyl (C=O) groups is 1. The number of rotatable bonds is 8. The van der Waals surface area contributed by atoms with Crippen LogP contribution < -0.4 is 0 Å². The summed E-state index contributed by atoms with van der Waals surface area (Å²) < 4.78 is 13.4. The van der Waals surface area contributed by atoms with Gasteiger partial charge in [0.15, 0.2) is 5.78 Å². The van der Waals surface area contributed by atoms with E-state index in [1.807, 2.05) is 0 Å². The van der Waals surface area contributed by atoms with Gasteiger partial charge in [0, 0.05) is 31.6 Å². The molecule has 1 aromatic carbocycles. The van der Waals surface area contributed by atoms with E-state index in [4.69, 9.17) is 0 Å². The van der Waals surface area contributed by atoms with Crippen molar-refractivity contribution in [1.82, 2.24) is 4.90 Å². The zero-order chi connectivity index (χ0) is 14.3. The van der Waals surface area contributed by atoms with E-state index in [0.717, 1.165) is 0 Å². The third kappa shape index (κ3) is 4.79. The number of Topliss-reactive ketones (excluding diaryl/α,β-unsaturated/α-hetero) is 1. The lowest BCUT2D eigenvalue weighted by Crippen LogP contribution is -2.26.